The van der Waals surface area contributed by atoms with Crippen LogP contribution in [0.25, 0.3) is 0 Å². The van der Waals surface area contributed by atoms with E-state index in [4.69, 9.17) is 8.85 Å². The molecule has 0 aromatic heterocycles. The van der Waals surface area contributed by atoms with Crippen molar-refractivity contribution in [1.82, 2.24) is 0 Å². The highest BCUT2D eigenvalue weighted by molar-refractivity contribution is 6.74. The van der Waals surface area contributed by atoms with Gasteiger partial charge in [0.25, 0.3) is 0 Å². The van der Waals surface area contributed by atoms with Gasteiger partial charge in [-0.1, -0.05) is 74.0 Å². The Labute approximate surface area is 197 Å². The van der Waals surface area contributed by atoms with Crippen molar-refractivity contribution in [1.29, 1.82) is 0 Å². The molecule has 5 heteroatoms. The summed E-state index contributed by atoms with van der Waals surface area (Å²) >= 11 is 0. The molecule has 0 radical (unpaired) electrons. The van der Waals surface area contributed by atoms with E-state index in [1.807, 2.05) is 6.92 Å². The number of hydrogen-bond donors (Lipinski definition) is 0. The lowest BCUT2D eigenvalue weighted by Gasteiger charge is -2.44. The van der Waals surface area contributed by atoms with E-state index in [0.717, 1.165) is 49.0 Å². The van der Waals surface area contributed by atoms with Crippen LogP contribution in [0.4, 0.5) is 0 Å². The second-order valence-electron chi connectivity index (χ2n) is 9.82. The smallest absolute Gasteiger partial charge is 0.192 e. The second-order valence-corrected chi connectivity index (χ2v) is 19.3. The van der Waals surface area contributed by atoms with Gasteiger partial charge in [-0.25, -0.2) is 0 Å². The van der Waals surface area contributed by atoms with E-state index in [-0.39, 0.29) is 24.0 Å². The molecule has 0 amide bonds. The van der Waals surface area contributed by atoms with Gasteiger partial charge in [-0.15, -0.1) is 0 Å². The highest BCUT2D eigenvalue weighted by Crippen LogP contribution is 2.36. The van der Waals surface area contributed by atoms with Gasteiger partial charge in [-0.3, -0.25) is 0 Å². The largest absolute Gasteiger partial charge is 0.413 e. The molecular weight excluding hydrogens is 416 g/mol. The van der Waals surface area contributed by atoms with Crippen molar-refractivity contribution >= 4 is 22.9 Å². The van der Waals surface area contributed by atoms with Crippen molar-refractivity contribution in [2.45, 2.75) is 131 Å². The zero-order valence-electron chi connectivity index (χ0n) is 22.7. The summed E-state index contributed by atoms with van der Waals surface area (Å²) in [5.41, 5.74) is 1.41. The zero-order chi connectivity index (χ0) is 24.2. The Kier molecular flexibility index (Phi) is 14.7. The van der Waals surface area contributed by atoms with Crippen molar-refractivity contribution in [2.75, 3.05) is 0 Å². The van der Waals surface area contributed by atoms with Gasteiger partial charge in [0.2, 0.25) is 0 Å². The molecule has 184 valence electrons. The standard InChI is InChI=1S/C26H54O3Si2/c1-12-21(8)19-22(9)25(28-30(13-2,14-3)15-4)24(11)26(23(10)20-27)29-31(16-5,17-6)18-7/h12,20,22-26H,13-19H2,1-11H3/b21-12+/t22-,23+,24+,25-,26+/m0/s1. The summed E-state index contributed by atoms with van der Waals surface area (Å²) in [5.74, 6) is 0.468. The fourth-order valence-corrected chi connectivity index (χ4v) is 11.0. The van der Waals surface area contributed by atoms with Gasteiger partial charge in [-0.2, -0.15) is 0 Å². The molecule has 31 heavy (non-hydrogen) atoms. The van der Waals surface area contributed by atoms with E-state index in [9.17, 15) is 4.79 Å². The number of rotatable bonds is 17. The highest BCUT2D eigenvalue weighted by Gasteiger charge is 2.43. The lowest BCUT2D eigenvalue weighted by Crippen LogP contribution is -2.52. The van der Waals surface area contributed by atoms with Crippen LogP contribution in [0.1, 0.15) is 82.6 Å². The summed E-state index contributed by atoms with van der Waals surface area (Å²) in [6, 6.07) is 6.74. The molecule has 0 aromatic carbocycles. The zero-order valence-corrected chi connectivity index (χ0v) is 24.7. The van der Waals surface area contributed by atoms with Crippen LogP contribution in [0.15, 0.2) is 11.6 Å². The van der Waals surface area contributed by atoms with E-state index in [1.165, 1.54) is 5.57 Å². The molecular formula is C26H54O3Si2. The molecule has 0 bridgehead atoms. The van der Waals surface area contributed by atoms with Crippen LogP contribution in [-0.4, -0.2) is 35.1 Å². The monoisotopic (exact) mass is 470 g/mol. The Hall–Kier alpha value is -0.236. The summed E-state index contributed by atoms with van der Waals surface area (Å²) in [6.07, 6.45) is 4.40. The topological polar surface area (TPSA) is 35.5 Å². The van der Waals surface area contributed by atoms with Gasteiger partial charge in [0.05, 0.1) is 12.2 Å². The predicted molar refractivity (Wildman–Crippen MR) is 142 cm³/mol. The maximum absolute atomic E-state index is 12.0. The molecule has 0 fully saturated rings. The van der Waals surface area contributed by atoms with Gasteiger partial charge in [0.1, 0.15) is 6.29 Å². The van der Waals surface area contributed by atoms with Crippen molar-refractivity contribution < 1.29 is 13.6 Å². The summed E-state index contributed by atoms with van der Waals surface area (Å²) < 4.78 is 14.2. The third kappa shape index (κ3) is 8.56. The minimum atomic E-state index is -1.84. The van der Waals surface area contributed by atoms with E-state index < -0.39 is 16.6 Å². The quantitative estimate of drug-likeness (QED) is 0.122. The van der Waals surface area contributed by atoms with Crippen LogP contribution in [0, 0.1) is 17.8 Å². The Morgan fingerprint density at radius 2 is 1.16 bits per heavy atom. The average molecular weight is 471 g/mol. The van der Waals surface area contributed by atoms with Gasteiger partial charge in [0, 0.05) is 11.8 Å². The first-order valence-electron chi connectivity index (χ1n) is 13.0. The Morgan fingerprint density at radius 3 is 1.48 bits per heavy atom. The molecule has 0 saturated heterocycles. The van der Waals surface area contributed by atoms with E-state index in [1.54, 1.807) is 0 Å². The maximum Gasteiger partial charge on any atom is 0.192 e. The van der Waals surface area contributed by atoms with Crippen LogP contribution in [0.5, 0.6) is 0 Å². The summed E-state index contributed by atoms with van der Waals surface area (Å²) in [4.78, 5) is 12.0. The molecule has 0 N–H and O–H groups in total. The van der Waals surface area contributed by atoms with Crippen molar-refractivity contribution in [3.05, 3.63) is 11.6 Å². The van der Waals surface area contributed by atoms with Crippen LogP contribution >= 0.6 is 0 Å². The molecule has 0 unspecified atom stereocenters. The Bertz CT molecular complexity index is 510. The predicted octanol–water partition coefficient (Wildman–Crippen LogP) is 8.23. The highest BCUT2D eigenvalue weighted by atomic mass is 28.4. The molecule has 0 aliphatic carbocycles. The Balaban J connectivity index is 6.22. The van der Waals surface area contributed by atoms with Crippen LogP contribution in [-0.2, 0) is 13.6 Å². The number of hydrogen-bond acceptors (Lipinski definition) is 3. The first-order chi connectivity index (χ1) is 14.6. The number of carbonyl (C=O) groups excluding carboxylic acids is 1. The fourth-order valence-electron chi connectivity index (χ4n) is 5.02. The molecule has 0 rings (SSSR count). The van der Waals surface area contributed by atoms with E-state index >= 15 is 0 Å². The van der Waals surface area contributed by atoms with Gasteiger partial charge in [-0.05, 0) is 62.5 Å². The normalized spacial score (nSPS) is 18.4. The molecule has 0 heterocycles. The van der Waals surface area contributed by atoms with Gasteiger partial charge in [0.15, 0.2) is 16.6 Å². The fraction of sp³-hybridized carbons (Fsp3) is 0.885. The van der Waals surface area contributed by atoms with Crippen molar-refractivity contribution in [3.63, 3.8) is 0 Å². The minimum Gasteiger partial charge on any atom is -0.413 e. The summed E-state index contributed by atoms with van der Waals surface area (Å²) in [7, 11) is -3.63. The molecule has 0 aliphatic heterocycles. The SMILES string of the molecule is C/C=C(\C)C[C@H](C)[C@H](O[Si](CC)(CC)CC)[C@@H](C)[C@H](O[Si](CC)(CC)CC)[C@H](C)C=O. The molecule has 0 aromatic rings. The average Bonchev–Trinajstić information content (AvgIpc) is 2.80. The number of aldehydes is 1. The summed E-state index contributed by atoms with van der Waals surface area (Å²) in [6.45, 7) is 24.7. The molecule has 0 aliphatic rings. The van der Waals surface area contributed by atoms with Gasteiger partial charge < -0.3 is 13.6 Å². The molecule has 3 nitrogen and oxygen atoms in total. The van der Waals surface area contributed by atoms with E-state index in [0.29, 0.717) is 5.92 Å². The van der Waals surface area contributed by atoms with Crippen molar-refractivity contribution in [2.24, 2.45) is 17.8 Å². The maximum atomic E-state index is 12.0. The third-order valence-corrected chi connectivity index (χ3v) is 17.4. The first-order valence-corrected chi connectivity index (χ1v) is 18.1. The molecule has 5 atom stereocenters. The van der Waals surface area contributed by atoms with Gasteiger partial charge >= 0.3 is 0 Å². The van der Waals surface area contributed by atoms with Crippen LogP contribution in [0.3, 0.4) is 0 Å². The second kappa shape index (κ2) is 14.8. The lowest BCUT2D eigenvalue weighted by atomic mass is 9.82. The van der Waals surface area contributed by atoms with Crippen molar-refractivity contribution in [3.8, 4) is 0 Å². The third-order valence-electron chi connectivity index (χ3n) is 8.11. The number of allylic oxidation sites excluding steroid dienone is 2. The van der Waals surface area contributed by atoms with Crippen LogP contribution < -0.4 is 0 Å². The minimum absolute atomic E-state index is 0.0698. The lowest BCUT2D eigenvalue weighted by molar-refractivity contribution is -0.115. The molecule has 0 saturated carbocycles. The van der Waals surface area contributed by atoms with E-state index in [2.05, 4.69) is 75.3 Å². The molecule has 0 spiro atoms. The summed E-state index contributed by atoms with van der Waals surface area (Å²) in [5, 5.41) is 0. The van der Waals surface area contributed by atoms with Crippen LogP contribution in [0.2, 0.25) is 36.3 Å². The number of carbonyl (C=O) groups is 1. The Morgan fingerprint density at radius 1 is 0.774 bits per heavy atom. The first kappa shape index (κ1) is 30.8.